The van der Waals surface area contributed by atoms with Crippen molar-refractivity contribution < 1.29 is 19.1 Å². The predicted octanol–water partition coefficient (Wildman–Crippen LogP) is -0.614. The number of carbonyl (C=O) groups is 3. The fourth-order valence-electron chi connectivity index (χ4n) is 3.42. The minimum Gasteiger partial charge on any atom is -0.463 e. The van der Waals surface area contributed by atoms with Crippen LogP contribution < -0.4 is 5.32 Å². The summed E-state index contributed by atoms with van der Waals surface area (Å²) >= 11 is 0. The fourth-order valence-corrected chi connectivity index (χ4v) is 3.42. The monoisotopic (exact) mass is 321 g/mol. The first-order valence-corrected chi connectivity index (χ1v) is 8.25. The molecular formula is C16H23N3O4. The van der Waals surface area contributed by atoms with Crippen LogP contribution in [-0.4, -0.2) is 73.5 Å². The summed E-state index contributed by atoms with van der Waals surface area (Å²) < 4.78 is 5.19. The molecule has 0 saturated carbocycles. The normalized spacial score (nSPS) is 28.1. The topological polar surface area (TPSA) is 79.0 Å². The van der Waals surface area contributed by atoms with Crippen LogP contribution in [0.3, 0.4) is 0 Å². The molecule has 2 unspecified atom stereocenters. The summed E-state index contributed by atoms with van der Waals surface area (Å²) in [6.45, 7) is 4.50. The van der Waals surface area contributed by atoms with Crippen LogP contribution in [0.25, 0.3) is 0 Å². The van der Waals surface area contributed by atoms with Gasteiger partial charge in [-0.1, -0.05) is 12.2 Å². The summed E-state index contributed by atoms with van der Waals surface area (Å²) in [5, 5.41) is 3.26. The molecular weight excluding hydrogens is 298 g/mol. The van der Waals surface area contributed by atoms with Gasteiger partial charge in [0, 0.05) is 32.7 Å². The number of amides is 2. The summed E-state index contributed by atoms with van der Waals surface area (Å²) in [5.41, 5.74) is 0. The van der Waals surface area contributed by atoms with Crippen molar-refractivity contribution in [1.29, 1.82) is 0 Å². The van der Waals surface area contributed by atoms with E-state index >= 15 is 0 Å². The van der Waals surface area contributed by atoms with Gasteiger partial charge in [0.1, 0.15) is 13.2 Å². The maximum absolute atomic E-state index is 12.3. The van der Waals surface area contributed by atoms with E-state index in [9.17, 15) is 14.4 Å². The first-order chi connectivity index (χ1) is 11.2. The second kappa shape index (κ2) is 7.23. The van der Waals surface area contributed by atoms with E-state index in [0.29, 0.717) is 26.0 Å². The third-order valence-corrected chi connectivity index (χ3v) is 4.77. The maximum Gasteiger partial charge on any atom is 0.326 e. The summed E-state index contributed by atoms with van der Waals surface area (Å²) in [6, 6.07) is 0. The van der Waals surface area contributed by atoms with Crippen molar-refractivity contribution >= 4 is 17.8 Å². The van der Waals surface area contributed by atoms with Crippen LogP contribution in [-0.2, 0) is 19.1 Å². The van der Waals surface area contributed by atoms with E-state index in [2.05, 4.69) is 10.2 Å². The lowest BCUT2D eigenvalue weighted by Crippen LogP contribution is -2.45. The van der Waals surface area contributed by atoms with Crippen molar-refractivity contribution in [2.75, 3.05) is 45.9 Å². The largest absolute Gasteiger partial charge is 0.463 e. The van der Waals surface area contributed by atoms with Crippen LogP contribution in [0.4, 0.5) is 0 Å². The zero-order chi connectivity index (χ0) is 16.2. The molecule has 7 nitrogen and oxygen atoms in total. The van der Waals surface area contributed by atoms with Crippen molar-refractivity contribution in [3.63, 3.8) is 0 Å². The molecule has 126 valence electrons. The third-order valence-electron chi connectivity index (χ3n) is 4.77. The van der Waals surface area contributed by atoms with Crippen LogP contribution >= 0.6 is 0 Å². The van der Waals surface area contributed by atoms with Crippen molar-refractivity contribution in [3.8, 4) is 0 Å². The van der Waals surface area contributed by atoms with Gasteiger partial charge in [-0.15, -0.1) is 0 Å². The van der Waals surface area contributed by atoms with E-state index in [0.717, 1.165) is 31.1 Å². The zero-order valence-electron chi connectivity index (χ0n) is 13.2. The lowest BCUT2D eigenvalue weighted by molar-refractivity contribution is -0.153. The Bertz CT molecular complexity index is 487. The van der Waals surface area contributed by atoms with E-state index in [4.69, 9.17) is 4.74 Å². The number of hydrogen-bond acceptors (Lipinski definition) is 6. The van der Waals surface area contributed by atoms with Crippen LogP contribution in [0, 0.1) is 11.8 Å². The number of rotatable bonds is 5. The molecule has 2 atom stereocenters. The molecule has 2 fully saturated rings. The number of imide groups is 1. The number of ether oxygens (including phenoxy) is 1. The Balaban J connectivity index is 1.44. The molecule has 2 amide bonds. The zero-order valence-corrected chi connectivity index (χ0v) is 13.2. The average molecular weight is 321 g/mol. The number of nitrogens with one attached hydrogen (secondary N) is 1. The van der Waals surface area contributed by atoms with E-state index in [-0.39, 0.29) is 30.2 Å². The second-order valence-corrected chi connectivity index (χ2v) is 6.23. The van der Waals surface area contributed by atoms with E-state index in [1.54, 1.807) is 0 Å². The molecule has 2 saturated heterocycles. The second-order valence-electron chi connectivity index (χ2n) is 6.23. The first-order valence-electron chi connectivity index (χ1n) is 8.25. The van der Waals surface area contributed by atoms with Gasteiger partial charge in [0.15, 0.2) is 0 Å². The Kier molecular flexibility index (Phi) is 5.07. The molecule has 3 aliphatic rings. The molecule has 3 rings (SSSR count). The van der Waals surface area contributed by atoms with Gasteiger partial charge in [0.25, 0.3) is 0 Å². The van der Waals surface area contributed by atoms with Crippen molar-refractivity contribution in [3.05, 3.63) is 12.2 Å². The molecule has 7 heteroatoms. The Hall–Kier alpha value is -1.73. The number of carbonyl (C=O) groups excluding carboxylic acids is 3. The van der Waals surface area contributed by atoms with E-state index in [1.807, 2.05) is 12.2 Å². The van der Waals surface area contributed by atoms with Gasteiger partial charge in [0.2, 0.25) is 11.8 Å². The summed E-state index contributed by atoms with van der Waals surface area (Å²) in [7, 11) is 0. The number of likely N-dealkylation sites (tertiary alicyclic amines) is 1. The molecule has 0 aromatic rings. The minimum atomic E-state index is -0.506. The lowest BCUT2D eigenvalue weighted by atomic mass is 9.85. The third kappa shape index (κ3) is 3.61. The molecule has 0 spiro atoms. The number of allylic oxidation sites excluding steroid dienone is 2. The maximum atomic E-state index is 12.3. The number of hydrogen-bond donors (Lipinski definition) is 1. The highest BCUT2D eigenvalue weighted by Gasteiger charge is 2.47. The standard InChI is InChI=1S/C16H23N3O4/c20-14(23-10-9-18-7-5-17-6-8-18)11-19-15(21)12-3-1-2-4-13(12)16(19)22/h1-2,12-13,17H,3-11H2. The summed E-state index contributed by atoms with van der Waals surface area (Å²) in [6.07, 6.45) is 5.04. The molecule has 1 aliphatic carbocycles. The smallest absolute Gasteiger partial charge is 0.326 e. The van der Waals surface area contributed by atoms with Gasteiger partial charge < -0.3 is 10.1 Å². The van der Waals surface area contributed by atoms with Gasteiger partial charge in [-0.25, -0.2) is 0 Å². The Morgan fingerprint density at radius 3 is 2.35 bits per heavy atom. The summed E-state index contributed by atoms with van der Waals surface area (Å²) in [5.74, 6) is -1.55. The molecule has 23 heavy (non-hydrogen) atoms. The SMILES string of the molecule is O=C(CN1C(=O)C2CC=CCC2C1=O)OCCN1CCNCC1. The Labute approximate surface area is 135 Å². The lowest BCUT2D eigenvalue weighted by Gasteiger charge is -2.26. The highest BCUT2D eigenvalue weighted by atomic mass is 16.5. The van der Waals surface area contributed by atoms with Crippen molar-refractivity contribution in [1.82, 2.24) is 15.1 Å². The van der Waals surface area contributed by atoms with Gasteiger partial charge in [-0.2, -0.15) is 0 Å². The van der Waals surface area contributed by atoms with E-state index < -0.39 is 5.97 Å². The van der Waals surface area contributed by atoms with E-state index in [1.165, 1.54) is 0 Å². The number of piperazine rings is 1. The minimum absolute atomic E-state index is 0.233. The molecule has 0 radical (unpaired) electrons. The highest BCUT2D eigenvalue weighted by molar-refractivity contribution is 6.07. The van der Waals surface area contributed by atoms with Gasteiger partial charge >= 0.3 is 5.97 Å². The molecule has 0 aromatic carbocycles. The van der Waals surface area contributed by atoms with Gasteiger partial charge in [0.05, 0.1) is 11.8 Å². The molecule has 2 aliphatic heterocycles. The number of nitrogens with zero attached hydrogens (tertiary/aromatic N) is 2. The highest BCUT2D eigenvalue weighted by Crippen LogP contribution is 2.34. The number of esters is 1. The quantitative estimate of drug-likeness (QED) is 0.413. The summed E-state index contributed by atoms with van der Waals surface area (Å²) in [4.78, 5) is 39.7. The van der Waals surface area contributed by atoms with Crippen LogP contribution in [0.2, 0.25) is 0 Å². The average Bonchev–Trinajstić information content (AvgIpc) is 2.81. The van der Waals surface area contributed by atoms with Crippen molar-refractivity contribution in [2.45, 2.75) is 12.8 Å². The van der Waals surface area contributed by atoms with Gasteiger partial charge in [-0.3, -0.25) is 24.2 Å². The Morgan fingerprint density at radius 2 is 1.74 bits per heavy atom. The molecule has 2 heterocycles. The fraction of sp³-hybridized carbons (Fsp3) is 0.688. The van der Waals surface area contributed by atoms with Crippen molar-refractivity contribution in [2.24, 2.45) is 11.8 Å². The molecule has 0 bridgehead atoms. The van der Waals surface area contributed by atoms with Crippen LogP contribution in [0.1, 0.15) is 12.8 Å². The first kappa shape index (κ1) is 16.1. The molecule has 1 N–H and O–H groups in total. The predicted molar refractivity (Wildman–Crippen MR) is 82.3 cm³/mol. The van der Waals surface area contributed by atoms with Crippen LogP contribution in [0.15, 0.2) is 12.2 Å². The van der Waals surface area contributed by atoms with Gasteiger partial charge in [-0.05, 0) is 12.8 Å². The van der Waals surface area contributed by atoms with Crippen LogP contribution in [0.5, 0.6) is 0 Å². The number of fused-ring (bicyclic) bond motifs is 1. The molecule has 0 aromatic heterocycles. The Morgan fingerprint density at radius 1 is 1.13 bits per heavy atom.